The molecular weight excluding hydrogens is 546 g/mol. The van der Waals surface area contributed by atoms with E-state index in [2.05, 4.69) is 31.4 Å². The molecule has 4 rings (SSSR count). The third kappa shape index (κ3) is 5.07. The monoisotopic (exact) mass is 563 g/mol. The van der Waals surface area contributed by atoms with E-state index in [1.54, 1.807) is 36.7 Å². The number of nitrogens with one attached hydrogen (secondary N) is 1. The maximum Gasteiger partial charge on any atom is 0.436 e. The van der Waals surface area contributed by atoms with Crippen LogP contribution in [0.15, 0.2) is 22.7 Å². The number of aryl methyl sites for hydroxylation is 1. The number of anilines is 1. The van der Waals surface area contributed by atoms with E-state index >= 15 is 0 Å². The molecule has 0 aliphatic heterocycles. The largest absolute Gasteiger partial charge is 0.436 e. The van der Waals surface area contributed by atoms with Gasteiger partial charge in [-0.3, -0.25) is 14.2 Å². The van der Waals surface area contributed by atoms with Gasteiger partial charge in [-0.15, -0.1) is 0 Å². The molecule has 0 radical (unpaired) electrons. The van der Waals surface area contributed by atoms with E-state index < -0.39 is 17.8 Å². The summed E-state index contributed by atoms with van der Waals surface area (Å²) in [6.07, 6.45) is -3.08. The molecule has 1 saturated carbocycles. The molecule has 1 aliphatic rings. The van der Waals surface area contributed by atoms with E-state index in [0.717, 1.165) is 23.1 Å². The molecule has 0 bridgehead atoms. The molecule has 0 atom stereocenters. The zero-order chi connectivity index (χ0) is 24.1. The highest BCUT2D eigenvalue weighted by Gasteiger charge is 2.42. The molecule has 33 heavy (non-hydrogen) atoms. The van der Waals surface area contributed by atoms with E-state index in [1.165, 1.54) is 0 Å². The van der Waals surface area contributed by atoms with Gasteiger partial charge in [0.1, 0.15) is 6.54 Å². The Hall–Kier alpha value is -2.04. The fraction of sp³-hybridized carbons (Fsp3) is 0.381. The van der Waals surface area contributed by atoms with Crippen molar-refractivity contribution in [2.24, 2.45) is 0 Å². The number of carbonyl (C=O) groups excluding carboxylic acids is 1. The Morgan fingerprint density at radius 1 is 1.21 bits per heavy atom. The number of carbonyl (C=O) groups is 1. The molecule has 2 aromatic heterocycles. The van der Waals surface area contributed by atoms with Gasteiger partial charge in [0.2, 0.25) is 5.91 Å². The number of alkyl halides is 3. The number of halogens is 6. The number of hydrogen-bond acceptors (Lipinski definition) is 3. The minimum Gasteiger partial charge on any atom is -0.321 e. The second-order valence-corrected chi connectivity index (χ2v) is 9.60. The third-order valence-corrected chi connectivity index (χ3v) is 6.81. The summed E-state index contributed by atoms with van der Waals surface area (Å²) < 4.78 is 42.7. The van der Waals surface area contributed by atoms with Crippen LogP contribution in [0.1, 0.15) is 47.1 Å². The van der Waals surface area contributed by atoms with Crippen LogP contribution < -0.4 is 5.32 Å². The molecule has 0 saturated heterocycles. The summed E-state index contributed by atoms with van der Waals surface area (Å²) in [5.74, 6) is -0.526. The Kier molecular flexibility index (Phi) is 6.54. The van der Waals surface area contributed by atoms with Crippen LogP contribution in [0, 0.1) is 13.8 Å². The number of aromatic nitrogens is 4. The molecule has 1 amide bonds. The highest BCUT2D eigenvalue weighted by Crippen LogP contribution is 2.47. The molecule has 12 heteroatoms. The summed E-state index contributed by atoms with van der Waals surface area (Å²) in [5.41, 5.74) is 1.95. The van der Waals surface area contributed by atoms with Crippen LogP contribution in [-0.4, -0.2) is 25.5 Å². The van der Waals surface area contributed by atoms with Crippen molar-refractivity contribution in [3.63, 3.8) is 0 Å². The Morgan fingerprint density at radius 3 is 2.52 bits per heavy atom. The lowest BCUT2D eigenvalue weighted by atomic mass is 10.2. The maximum absolute atomic E-state index is 13.3. The molecule has 0 unspecified atom stereocenters. The molecule has 1 aromatic carbocycles. The first-order chi connectivity index (χ1) is 15.5. The van der Waals surface area contributed by atoms with E-state index in [1.807, 2.05) is 0 Å². The molecule has 1 fully saturated rings. The van der Waals surface area contributed by atoms with Gasteiger partial charge >= 0.3 is 6.18 Å². The van der Waals surface area contributed by atoms with Gasteiger partial charge in [0.05, 0.1) is 33.8 Å². The predicted molar refractivity (Wildman–Crippen MR) is 123 cm³/mol. The zero-order valence-corrected chi connectivity index (χ0v) is 20.7. The maximum atomic E-state index is 13.3. The van der Waals surface area contributed by atoms with Crippen molar-refractivity contribution in [1.82, 2.24) is 19.6 Å². The number of amides is 1. The Bertz CT molecular complexity index is 1230. The molecule has 2 heterocycles. The van der Waals surface area contributed by atoms with Gasteiger partial charge in [0.25, 0.3) is 0 Å². The Balaban J connectivity index is 1.54. The standard InChI is InChI=1S/C21H19BrCl2F3N5O/c1-10-18(11(2)31(29-10)8-13-5-6-14(23)7-15(13)24)28-16(33)9-32-19(12-3-4-12)17(22)20(30-32)21(25,26)27/h5-7,12H,3-4,8-9H2,1-2H3,(H,28,33). The van der Waals surface area contributed by atoms with Crippen LogP contribution in [0.3, 0.4) is 0 Å². The predicted octanol–water partition coefficient (Wildman–Crippen LogP) is 6.35. The highest BCUT2D eigenvalue weighted by atomic mass is 79.9. The second-order valence-electron chi connectivity index (χ2n) is 7.96. The number of benzene rings is 1. The zero-order valence-electron chi connectivity index (χ0n) is 17.6. The van der Waals surface area contributed by atoms with Crippen LogP contribution in [0.25, 0.3) is 0 Å². The van der Waals surface area contributed by atoms with E-state index in [4.69, 9.17) is 23.2 Å². The molecule has 6 nitrogen and oxygen atoms in total. The summed E-state index contributed by atoms with van der Waals surface area (Å²) in [6, 6.07) is 5.17. The normalized spacial score (nSPS) is 14.1. The molecular formula is C21H19BrCl2F3N5O. The van der Waals surface area contributed by atoms with Crippen molar-refractivity contribution in [2.45, 2.75) is 51.9 Å². The van der Waals surface area contributed by atoms with Gasteiger partial charge in [-0.05, 0) is 60.3 Å². The van der Waals surface area contributed by atoms with Crippen molar-refractivity contribution in [2.75, 3.05) is 5.32 Å². The van der Waals surface area contributed by atoms with Crippen LogP contribution in [0.5, 0.6) is 0 Å². The molecule has 176 valence electrons. The summed E-state index contributed by atoms with van der Waals surface area (Å²) in [4.78, 5) is 12.8. The Morgan fingerprint density at radius 2 is 1.91 bits per heavy atom. The summed E-state index contributed by atoms with van der Waals surface area (Å²) in [5, 5.41) is 11.9. The van der Waals surface area contributed by atoms with Gasteiger partial charge in [0.15, 0.2) is 5.69 Å². The smallest absolute Gasteiger partial charge is 0.321 e. The fourth-order valence-corrected chi connectivity index (χ4v) is 4.96. The molecule has 0 spiro atoms. The van der Waals surface area contributed by atoms with Gasteiger partial charge in [-0.2, -0.15) is 23.4 Å². The molecule has 1 N–H and O–H groups in total. The number of nitrogens with zero attached hydrogens (tertiary/aromatic N) is 4. The average molecular weight is 565 g/mol. The SMILES string of the molecule is Cc1nn(Cc2ccc(Cl)cc2Cl)c(C)c1NC(=O)Cn1nc(C(F)(F)F)c(Br)c1C1CC1. The van der Waals surface area contributed by atoms with Crippen LogP contribution in [-0.2, 0) is 24.1 Å². The lowest BCUT2D eigenvalue weighted by Gasteiger charge is -2.10. The lowest BCUT2D eigenvalue weighted by molar-refractivity contribution is -0.142. The number of hydrogen-bond donors (Lipinski definition) is 1. The van der Waals surface area contributed by atoms with Gasteiger partial charge in [-0.1, -0.05) is 29.3 Å². The van der Waals surface area contributed by atoms with Crippen molar-refractivity contribution >= 4 is 50.7 Å². The quantitative estimate of drug-likeness (QED) is 0.379. The Labute approximate surface area is 206 Å². The van der Waals surface area contributed by atoms with E-state index in [-0.39, 0.29) is 16.9 Å². The lowest BCUT2D eigenvalue weighted by Crippen LogP contribution is -2.22. The summed E-state index contributed by atoms with van der Waals surface area (Å²) in [7, 11) is 0. The molecule has 1 aliphatic carbocycles. The third-order valence-electron chi connectivity index (χ3n) is 5.44. The van der Waals surface area contributed by atoms with Crippen molar-refractivity contribution in [3.05, 3.63) is 61.1 Å². The van der Waals surface area contributed by atoms with Crippen molar-refractivity contribution in [1.29, 1.82) is 0 Å². The topological polar surface area (TPSA) is 64.7 Å². The minimum atomic E-state index is -4.61. The van der Waals surface area contributed by atoms with Crippen LogP contribution in [0.2, 0.25) is 10.0 Å². The van der Waals surface area contributed by atoms with Crippen molar-refractivity contribution in [3.8, 4) is 0 Å². The first-order valence-corrected chi connectivity index (χ1v) is 11.6. The average Bonchev–Trinajstić information content (AvgIpc) is 3.44. The highest BCUT2D eigenvalue weighted by molar-refractivity contribution is 9.10. The van der Waals surface area contributed by atoms with Gasteiger partial charge in [0, 0.05) is 16.0 Å². The number of rotatable bonds is 6. The van der Waals surface area contributed by atoms with Gasteiger partial charge in [-0.25, -0.2) is 0 Å². The first-order valence-electron chi connectivity index (χ1n) is 10.1. The van der Waals surface area contributed by atoms with Gasteiger partial charge < -0.3 is 5.32 Å². The first kappa shape index (κ1) is 24.1. The van der Waals surface area contributed by atoms with Crippen molar-refractivity contribution < 1.29 is 18.0 Å². The van der Waals surface area contributed by atoms with Crippen LogP contribution >= 0.6 is 39.1 Å². The van der Waals surface area contributed by atoms with E-state index in [9.17, 15) is 18.0 Å². The van der Waals surface area contributed by atoms with E-state index in [0.29, 0.717) is 39.4 Å². The summed E-state index contributed by atoms with van der Waals surface area (Å²) in [6.45, 7) is 3.56. The minimum absolute atomic E-state index is 0.0360. The molecule has 3 aromatic rings. The summed E-state index contributed by atoms with van der Waals surface area (Å²) >= 11 is 15.2. The second kappa shape index (κ2) is 8.96. The van der Waals surface area contributed by atoms with Crippen LogP contribution in [0.4, 0.5) is 18.9 Å². The fourth-order valence-electron chi connectivity index (χ4n) is 3.66.